The third-order valence-electron chi connectivity index (χ3n) is 4.26. The van der Waals surface area contributed by atoms with E-state index in [1.807, 2.05) is 24.3 Å². The standard InChI is InChI=1S/C20H17ClN2O2/c1-3-23(4-2)15-9-10-16-18(11-15)25-20(24)17(12-22)19(16)13-5-7-14(21)8-6-13/h5-11H,3-4H2,1-2H3. The van der Waals surface area contributed by atoms with E-state index >= 15 is 0 Å². The predicted octanol–water partition coefficient (Wildman–Crippen LogP) is 4.83. The van der Waals surface area contributed by atoms with Crippen molar-refractivity contribution >= 4 is 28.3 Å². The molecule has 0 amide bonds. The lowest BCUT2D eigenvalue weighted by atomic mass is 9.97. The molecule has 0 aliphatic heterocycles. The van der Waals surface area contributed by atoms with Crippen LogP contribution in [0.25, 0.3) is 22.1 Å². The fraction of sp³-hybridized carbons (Fsp3) is 0.200. The molecule has 0 aliphatic rings. The van der Waals surface area contributed by atoms with Crippen molar-refractivity contribution < 1.29 is 4.42 Å². The molecule has 0 unspecified atom stereocenters. The summed E-state index contributed by atoms with van der Waals surface area (Å²) < 4.78 is 5.42. The second kappa shape index (κ2) is 7.00. The van der Waals surface area contributed by atoms with E-state index in [4.69, 9.17) is 16.0 Å². The van der Waals surface area contributed by atoms with Crippen molar-refractivity contribution in [2.24, 2.45) is 0 Å². The Labute approximate surface area is 150 Å². The van der Waals surface area contributed by atoms with Crippen LogP contribution in [0.5, 0.6) is 0 Å². The molecule has 0 saturated heterocycles. The van der Waals surface area contributed by atoms with Gasteiger partial charge in [-0.25, -0.2) is 4.79 Å². The summed E-state index contributed by atoms with van der Waals surface area (Å²) in [5.41, 5.74) is 2.17. The van der Waals surface area contributed by atoms with Gasteiger partial charge in [-0.2, -0.15) is 5.26 Å². The van der Waals surface area contributed by atoms with Crippen molar-refractivity contribution in [3.05, 3.63) is 63.5 Å². The van der Waals surface area contributed by atoms with Crippen LogP contribution in [-0.2, 0) is 0 Å². The number of anilines is 1. The molecule has 25 heavy (non-hydrogen) atoms. The van der Waals surface area contributed by atoms with Crippen LogP contribution in [-0.4, -0.2) is 13.1 Å². The lowest BCUT2D eigenvalue weighted by Crippen LogP contribution is -2.21. The molecular formula is C20H17ClN2O2. The van der Waals surface area contributed by atoms with Gasteiger partial charge in [-0.15, -0.1) is 0 Å². The molecule has 1 heterocycles. The number of rotatable bonds is 4. The summed E-state index contributed by atoms with van der Waals surface area (Å²) in [5, 5.41) is 10.8. The van der Waals surface area contributed by atoms with Crippen LogP contribution in [0.1, 0.15) is 19.4 Å². The Kier molecular flexibility index (Phi) is 4.78. The molecule has 3 rings (SSSR count). The van der Waals surface area contributed by atoms with Gasteiger partial charge < -0.3 is 9.32 Å². The Hall–Kier alpha value is -2.77. The highest BCUT2D eigenvalue weighted by atomic mass is 35.5. The number of benzene rings is 2. The zero-order valence-electron chi connectivity index (χ0n) is 14.0. The molecule has 0 atom stereocenters. The van der Waals surface area contributed by atoms with Gasteiger partial charge in [0.2, 0.25) is 0 Å². The normalized spacial score (nSPS) is 10.6. The second-order valence-electron chi connectivity index (χ2n) is 5.61. The van der Waals surface area contributed by atoms with Crippen molar-refractivity contribution in [2.75, 3.05) is 18.0 Å². The van der Waals surface area contributed by atoms with Gasteiger partial charge in [0.15, 0.2) is 0 Å². The Morgan fingerprint density at radius 3 is 2.40 bits per heavy atom. The number of hydrogen-bond acceptors (Lipinski definition) is 4. The third kappa shape index (κ3) is 3.11. The average molecular weight is 353 g/mol. The molecule has 0 bridgehead atoms. The summed E-state index contributed by atoms with van der Waals surface area (Å²) in [6.07, 6.45) is 0. The first kappa shape index (κ1) is 17.1. The quantitative estimate of drug-likeness (QED) is 0.631. The molecule has 0 spiro atoms. The summed E-state index contributed by atoms with van der Waals surface area (Å²) >= 11 is 5.96. The van der Waals surface area contributed by atoms with Gasteiger partial charge in [0.25, 0.3) is 0 Å². The number of nitriles is 1. The monoisotopic (exact) mass is 352 g/mol. The highest BCUT2D eigenvalue weighted by Gasteiger charge is 2.17. The van der Waals surface area contributed by atoms with Gasteiger partial charge >= 0.3 is 5.63 Å². The molecule has 126 valence electrons. The highest BCUT2D eigenvalue weighted by Crippen LogP contribution is 2.33. The molecule has 4 nitrogen and oxygen atoms in total. The summed E-state index contributed by atoms with van der Waals surface area (Å²) in [6, 6.07) is 14.8. The van der Waals surface area contributed by atoms with Gasteiger partial charge in [-0.05, 0) is 43.7 Å². The summed E-state index contributed by atoms with van der Waals surface area (Å²) in [4.78, 5) is 14.5. The van der Waals surface area contributed by atoms with Gasteiger partial charge in [-0.3, -0.25) is 0 Å². The topological polar surface area (TPSA) is 57.2 Å². The van der Waals surface area contributed by atoms with Crippen molar-refractivity contribution in [3.8, 4) is 17.2 Å². The SMILES string of the molecule is CCN(CC)c1ccc2c(-c3ccc(Cl)cc3)c(C#N)c(=O)oc2c1. The van der Waals surface area contributed by atoms with E-state index < -0.39 is 5.63 Å². The first-order valence-corrected chi connectivity index (χ1v) is 8.48. The zero-order valence-corrected chi connectivity index (χ0v) is 14.8. The lowest BCUT2D eigenvalue weighted by molar-refractivity contribution is 0.559. The number of fused-ring (bicyclic) bond motifs is 1. The van der Waals surface area contributed by atoms with Crippen molar-refractivity contribution in [3.63, 3.8) is 0 Å². The van der Waals surface area contributed by atoms with Crippen molar-refractivity contribution in [2.45, 2.75) is 13.8 Å². The Bertz CT molecular complexity index is 1010. The highest BCUT2D eigenvalue weighted by molar-refractivity contribution is 6.30. The van der Waals surface area contributed by atoms with Crippen LogP contribution in [0.15, 0.2) is 51.7 Å². The predicted molar refractivity (Wildman–Crippen MR) is 101 cm³/mol. The molecule has 0 saturated carbocycles. The number of nitrogens with zero attached hydrogens (tertiary/aromatic N) is 2. The lowest BCUT2D eigenvalue weighted by Gasteiger charge is -2.21. The smallest absolute Gasteiger partial charge is 0.354 e. The minimum absolute atomic E-state index is 0.00501. The molecule has 0 fully saturated rings. The van der Waals surface area contributed by atoms with E-state index in [-0.39, 0.29) is 5.56 Å². The molecule has 2 aromatic carbocycles. The maximum absolute atomic E-state index is 12.3. The van der Waals surface area contributed by atoms with E-state index in [0.29, 0.717) is 16.2 Å². The molecule has 1 aromatic heterocycles. The summed E-state index contributed by atoms with van der Waals surface area (Å²) in [7, 11) is 0. The molecule has 0 N–H and O–H groups in total. The van der Waals surface area contributed by atoms with E-state index in [0.717, 1.165) is 29.7 Å². The Morgan fingerprint density at radius 1 is 1.12 bits per heavy atom. The van der Waals surface area contributed by atoms with E-state index in [1.165, 1.54) is 0 Å². The molecule has 5 heteroatoms. The van der Waals surface area contributed by atoms with Crippen LogP contribution >= 0.6 is 11.6 Å². The maximum Gasteiger partial charge on any atom is 0.354 e. The molecule has 3 aromatic rings. The summed E-state index contributed by atoms with van der Waals surface area (Å²) in [5.74, 6) is 0. The first-order valence-electron chi connectivity index (χ1n) is 8.10. The van der Waals surface area contributed by atoms with Gasteiger partial charge in [0.1, 0.15) is 17.2 Å². The van der Waals surface area contributed by atoms with E-state index in [2.05, 4.69) is 18.7 Å². The van der Waals surface area contributed by atoms with E-state index in [1.54, 1.807) is 24.3 Å². The minimum atomic E-state index is -0.628. The van der Waals surface area contributed by atoms with Crippen LogP contribution < -0.4 is 10.5 Å². The van der Waals surface area contributed by atoms with Crippen molar-refractivity contribution in [1.29, 1.82) is 5.26 Å². The third-order valence-corrected chi connectivity index (χ3v) is 4.52. The molecule has 0 aliphatic carbocycles. The fourth-order valence-corrected chi connectivity index (χ4v) is 3.12. The average Bonchev–Trinajstić information content (AvgIpc) is 2.62. The maximum atomic E-state index is 12.3. The van der Waals surface area contributed by atoms with Crippen LogP contribution in [0.3, 0.4) is 0 Å². The Morgan fingerprint density at radius 2 is 1.80 bits per heavy atom. The zero-order chi connectivity index (χ0) is 18.0. The van der Waals surface area contributed by atoms with Crippen LogP contribution in [0, 0.1) is 11.3 Å². The van der Waals surface area contributed by atoms with Gasteiger partial charge in [0.05, 0.1) is 0 Å². The largest absolute Gasteiger partial charge is 0.422 e. The fourth-order valence-electron chi connectivity index (χ4n) is 2.99. The molecule has 0 radical (unpaired) electrons. The van der Waals surface area contributed by atoms with Gasteiger partial charge in [0, 0.05) is 40.8 Å². The van der Waals surface area contributed by atoms with Crippen molar-refractivity contribution in [1.82, 2.24) is 0 Å². The summed E-state index contributed by atoms with van der Waals surface area (Å²) in [6.45, 7) is 5.85. The number of hydrogen-bond donors (Lipinski definition) is 0. The van der Waals surface area contributed by atoms with Crippen LogP contribution in [0.2, 0.25) is 5.02 Å². The molecular weight excluding hydrogens is 336 g/mol. The van der Waals surface area contributed by atoms with Gasteiger partial charge in [-0.1, -0.05) is 23.7 Å². The minimum Gasteiger partial charge on any atom is -0.422 e. The first-order chi connectivity index (χ1) is 12.1. The second-order valence-corrected chi connectivity index (χ2v) is 6.05. The Balaban J connectivity index is 2.32. The van der Waals surface area contributed by atoms with Crippen LogP contribution in [0.4, 0.5) is 5.69 Å². The van der Waals surface area contributed by atoms with E-state index in [9.17, 15) is 10.1 Å². The number of halogens is 1.